The number of ether oxygens (including phenoxy) is 1. The molecule has 0 heterocycles. The van der Waals surface area contributed by atoms with E-state index < -0.39 is 0 Å². The van der Waals surface area contributed by atoms with Crippen molar-refractivity contribution >= 4 is 0 Å². The van der Waals surface area contributed by atoms with E-state index in [1.54, 1.807) is 0 Å². The number of hydrogen-bond acceptors (Lipinski definition) is 3. The third kappa shape index (κ3) is 14.3. The van der Waals surface area contributed by atoms with Gasteiger partial charge in [0.05, 0.1) is 18.8 Å². The Kier molecular flexibility index (Phi) is 13.8. The van der Waals surface area contributed by atoms with Crippen molar-refractivity contribution in [3.8, 4) is 0 Å². The maximum absolute atomic E-state index is 9.82. The Bertz CT molecular complexity index is 197. The van der Waals surface area contributed by atoms with Gasteiger partial charge in [-0.1, -0.05) is 52.9 Å². The van der Waals surface area contributed by atoms with Crippen molar-refractivity contribution in [2.75, 3.05) is 19.7 Å². The Hall–Kier alpha value is -0.120. The molecule has 20 heavy (non-hydrogen) atoms. The van der Waals surface area contributed by atoms with Crippen LogP contribution in [0.15, 0.2) is 0 Å². The lowest BCUT2D eigenvalue weighted by atomic mass is 10.1. The standard InChI is InChI=1S/C17H37NO2/c1-5-6-7-8-9-10-11-18-13-17(19)14-20-16(4)12-15(2)3/h15-19H,5-14H2,1-4H3. The van der Waals surface area contributed by atoms with Crippen LogP contribution in [0.25, 0.3) is 0 Å². The summed E-state index contributed by atoms with van der Waals surface area (Å²) in [5.74, 6) is 0.646. The average Bonchev–Trinajstić information content (AvgIpc) is 2.38. The minimum atomic E-state index is -0.385. The van der Waals surface area contributed by atoms with Crippen LogP contribution >= 0.6 is 0 Å². The second-order valence-corrected chi connectivity index (χ2v) is 6.40. The van der Waals surface area contributed by atoms with Crippen LogP contribution in [0.3, 0.4) is 0 Å². The van der Waals surface area contributed by atoms with Crippen LogP contribution in [0.1, 0.15) is 72.6 Å². The molecule has 2 N–H and O–H groups in total. The summed E-state index contributed by atoms with van der Waals surface area (Å²) in [7, 11) is 0. The van der Waals surface area contributed by atoms with E-state index in [0.717, 1.165) is 13.0 Å². The number of rotatable bonds is 14. The molecule has 0 aromatic carbocycles. The molecule has 0 spiro atoms. The first-order valence-electron chi connectivity index (χ1n) is 8.56. The Labute approximate surface area is 126 Å². The zero-order valence-electron chi connectivity index (χ0n) is 14.2. The summed E-state index contributed by atoms with van der Waals surface area (Å²) in [5, 5.41) is 13.1. The highest BCUT2D eigenvalue weighted by atomic mass is 16.5. The fraction of sp³-hybridized carbons (Fsp3) is 1.00. The van der Waals surface area contributed by atoms with Crippen molar-refractivity contribution in [1.29, 1.82) is 0 Å². The molecular weight excluding hydrogens is 250 g/mol. The van der Waals surface area contributed by atoms with Gasteiger partial charge in [-0.15, -0.1) is 0 Å². The summed E-state index contributed by atoms with van der Waals surface area (Å²) >= 11 is 0. The van der Waals surface area contributed by atoms with E-state index in [0.29, 0.717) is 19.1 Å². The molecule has 0 aromatic rings. The lowest BCUT2D eigenvalue weighted by Crippen LogP contribution is -2.32. The molecule has 0 saturated carbocycles. The lowest BCUT2D eigenvalue weighted by molar-refractivity contribution is -0.00843. The predicted molar refractivity (Wildman–Crippen MR) is 87.1 cm³/mol. The van der Waals surface area contributed by atoms with Gasteiger partial charge in [-0.25, -0.2) is 0 Å². The van der Waals surface area contributed by atoms with Crippen molar-refractivity contribution in [2.45, 2.75) is 84.8 Å². The molecule has 0 aliphatic heterocycles. The van der Waals surface area contributed by atoms with Crippen LogP contribution in [0.4, 0.5) is 0 Å². The monoisotopic (exact) mass is 287 g/mol. The fourth-order valence-corrected chi connectivity index (χ4v) is 2.37. The van der Waals surface area contributed by atoms with Gasteiger partial charge in [-0.05, 0) is 32.2 Å². The maximum Gasteiger partial charge on any atom is 0.0897 e. The van der Waals surface area contributed by atoms with Crippen molar-refractivity contribution in [1.82, 2.24) is 5.32 Å². The largest absolute Gasteiger partial charge is 0.389 e. The smallest absolute Gasteiger partial charge is 0.0897 e. The van der Waals surface area contributed by atoms with Crippen LogP contribution < -0.4 is 5.32 Å². The highest BCUT2D eigenvalue weighted by Crippen LogP contribution is 2.07. The molecule has 0 aliphatic rings. The van der Waals surface area contributed by atoms with Gasteiger partial charge >= 0.3 is 0 Å². The zero-order chi connectivity index (χ0) is 15.2. The van der Waals surface area contributed by atoms with Crippen LogP contribution in [-0.4, -0.2) is 37.0 Å². The summed E-state index contributed by atoms with van der Waals surface area (Å²) < 4.78 is 5.65. The van der Waals surface area contributed by atoms with Crippen LogP contribution in [-0.2, 0) is 4.74 Å². The lowest BCUT2D eigenvalue weighted by Gasteiger charge is -2.18. The van der Waals surface area contributed by atoms with E-state index >= 15 is 0 Å². The van der Waals surface area contributed by atoms with E-state index in [2.05, 4.69) is 33.0 Å². The van der Waals surface area contributed by atoms with Crippen molar-refractivity contribution in [3.05, 3.63) is 0 Å². The molecule has 0 bridgehead atoms. The fourth-order valence-electron chi connectivity index (χ4n) is 2.37. The van der Waals surface area contributed by atoms with Crippen LogP contribution in [0.2, 0.25) is 0 Å². The summed E-state index contributed by atoms with van der Waals surface area (Å²) in [6, 6.07) is 0. The third-order valence-electron chi connectivity index (χ3n) is 3.46. The van der Waals surface area contributed by atoms with Crippen molar-refractivity contribution in [3.63, 3.8) is 0 Å². The third-order valence-corrected chi connectivity index (χ3v) is 3.46. The Morgan fingerprint density at radius 2 is 1.65 bits per heavy atom. The number of unbranched alkanes of at least 4 members (excludes halogenated alkanes) is 5. The molecule has 3 nitrogen and oxygen atoms in total. The minimum absolute atomic E-state index is 0.239. The van der Waals surface area contributed by atoms with Crippen LogP contribution in [0, 0.1) is 5.92 Å². The minimum Gasteiger partial charge on any atom is -0.389 e. The van der Waals surface area contributed by atoms with Gasteiger partial charge in [-0.2, -0.15) is 0 Å². The first-order valence-corrected chi connectivity index (χ1v) is 8.56. The summed E-state index contributed by atoms with van der Waals surface area (Å²) in [5.41, 5.74) is 0. The summed E-state index contributed by atoms with van der Waals surface area (Å²) in [6.07, 6.45) is 8.78. The van der Waals surface area contributed by atoms with E-state index in [4.69, 9.17) is 4.74 Å². The van der Waals surface area contributed by atoms with E-state index in [-0.39, 0.29) is 12.2 Å². The second kappa shape index (κ2) is 13.8. The average molecular weight is 287 g/mol. The zero-order valence-corrected chi connectivity index (χ0v) is 14.2. The number of aliphatic hydroxyl groups excluding tert-OH is 1. The molecule has 2 atom stereocenters. The quantitative estimate of drug-likeness (QED) is 0.478. The first-order chi connectivity index (χ1) is 9.56. The number of nitrogens with one attached hydrogen (secondary N) is 1. The Morgan fingerprint density at radius 3 is 2.30 bits per heavy atom. The SMILES string of the molecule is CCCCCCCCNCC(O)COC(C)CC(C)C. The molecule has 0 rings (SSSR count). The van der Waals surface area contributed by atoms with Gasteiger partial charge in [0.2, 0.25) is 0 Å². The predicted octanol–water partition coefficient (Wildman–Crippen LogP) is 3.75. The van der Waals surface area contributed by atoms with E-state index in [1.807, 2.05) is 0 Å². The molecule has 0 aliphatic carbocycles. The van der Waals surface area contributed by atoms with Gasteiger partial charge in [0.15, 0.2) is 0 Å². The molecule has 0 radical (unpaired) electrons. The van der Waals surface area contributed by atoms with E-state index in [9.17, 15) is 5.11 Å². The van der Waals surface area contributed by atoms with Crippen LogP contribution in [0.5, 0.6) is 0 Å². The highest BCUT2D eigenvalue weighted by Gasteiger charge is 2.09. The van der Waals surface area contributed by atoms with Gasteiger partial charge in [-0.3, -0.25) is 0 Å². The maximum atomic E-state index is 9.82. The first kappa shape index (κ1) is 19.9. The molecular formula is C17H37NO2. The van der Waals surface area contributed by atoms with Gasteiger partial charge in [0.25, 0.3) is 0 Å². The van der Waals surface area contributed by atoms with Gasteiger partial charge in [0.1, 0.15) is 0 Å². The molecule has 0 saturated heterocycles. The molecule has 2 unspecified atom stereocenters. The number of hydrogen-bond donors (Lipinski definition) is 2. The van der Waals surface area contributed by atoms with Crippen molar-refractivity contribution in [2.24, 2.45) is 5.92 Å². The Morgan fingerprint density at radius 1 is 1.00 bits per heavy atom. The highest BCUT2D eigenvalue weighted by molar-refractivity contribution is 4.61. The number of aliphatic hydroxyl groups is 1. The molecule has 0 fully saturated rings. The Balaban J connectivity index is 3.30. The normalized spacial score (nSPS) is 14.7. The summed E-state index contributed by atoms with van der Waals surface area (Å²) in [6.45, 7) is 10.8. The topological polar surface area (TPSA) is 41.5 Å². The van der Waals surface area contributed by atoms with Crippen molar-refractivity contribution < 1.29 is 9.84 Å². The van der Waals surface area contributed by atoms with Gasteiger partial charge in [0, 0.05) is 6.54 Å². The van der Waals surface area contributed by atoms with E-state index in [1.165, 1.54) is 38.5 Å². The molecule has 3 heteroatoms. The molecule has 0 amide bonds. The van der Waals surface area contributed by atoms with Gasteiger partial charge < -0.3 is 15.2 Å². The molecule has 122 valence electrons. The molecule has 0 aromatic heterocycles. The summed E-state index contributed by atoms with van der Waals surface area (Å²) in [4.78, 5) is 0. The second-order valence-electron chi connectivity index (χ2n) is 6.40.